The maximum atomic E-state index is 13.1. The standard InChI is InChI=1S/C16H26O4/c1-9-6-11-16(10(17)7-14(2,3)20-11)8-19-15(4,5)12(9)13(16)18/h9-12,17H,6-8H2,1-5H3/t9-,10+,11?,12+,16+/m0/s1. The number of aliphatic hydroxyl groups excluding tert-OH is 1. The van der Waals surface area contributed by atoms with E-state index in [0.717, 1.165) is 6.42 Å². The molecular weight excluding hydrogens is 256 g/mol. The lowest BCUT2D eigenvalue weighted by molar-refractivity contribution is -0.280. The van der Waals surface area contributed by atoms with E-state index in [-0.39, 0.29) is 35.9 Å². The molecule has 2 aliphatic heterocycles. The van der Waals surface area contributed by atoms with Crippen LogP contribution < -0.4 is 0 Å². The molecule has 4 heteroatoms. The zero-order chi connectivity index (χ0) is 14.9. The van der Waals surface area contributed by atoms with Gasteiger partial charge in [-0.3, -0.25) is 4.79 Å². The number of ketones is 1. The second-order valence-corrected chi connectivity index (χ2v) is 8.07. The summed E-state index contributed by atoms with van der Waals surface area (Å²) in [6, 6.07) is 0. The highest BCUT2D eigenvalue weighted by atomic mass is 16.5. The van der Waals surface area contributed by atoms with Crippen LogP contribution in [-0.2, 0) is 14.3 Å². The molecule has 114 valence electrons. The Bertz CT molecular complexity index is 442. The van der Waals surface area contributed by atoms with E-state index < -0.39 is 17.1 Å². The van der Waals surface area contributed by atoms with Gasteiger partial charge in [0.1, 0.15) is 5.41 Å². The third-order valence-electron chi connectivity index (χ3n) is 5.64. The van der Waals surface area contributed by atoms with Crippen LogP contribution in [-0.4, -0.2) is 40.9 Å². The van der Waals surface area contributed by atoms with Crippen molar-refractivity contribution >= 4 is 5.78 Å². The molecule has 20 heavy (non-hydrogen) atoms. The number of aliphatic hydroxyl groups is 1. The largest absolute Gasteiger partial charge is 0.392 e. The van der Waals surface area contributed by atoms with Gasteiger partial charge in [0.15, 0.2) is 5.78 Å². The first-order valence-electron chi connectivity index (χ1n) is 7.64. The van der Waals surface area contributed by atoms with Crippen LogP contribution in [0.2, 0.25) is 0 Å². The van der Waals surface area contributed by atoms with E-state index in [4.69, 9.17) is 9.47 Å². The van der Waals surface area contributed by atoms with Crippen LogP contribution in [0.3, 0.4) is 0 Å². The molecule has 2 bridgehead atoms. The minimum atomic E-state index is -0.845. The van der Waals surface area contributed by atoms with E-state index in [0.29, 0.717) is 6.42 Å². The van der Waals surface area contributed by atoms with Crippen LogP contribution in [0.25, 0.3) is 0 Å². The Morgan fingerprint density at radius 3 is 2.55 bits per heavy atom. The molecule has 0 aromatic rings. The maximum Gasteiger partial charge on any atom is 0.152 e. The third-order valence-corrected chi connectivity index (χ3v) is 5.64. The monoisotopic (exact) mass is 282 g/mol. The predicted octanol–water partition coefficient (Wildman–Crippen LogP) is 1.94. The fourth-order valence-electron chi connectivity index (χ4n) is 4.66. The average molecular weight is 282 g/mol. The van der Waals surface area contributed by atoms with Crippen molar-refractivity contribution in [1.82, 2.24) is 0 Å². The molecule has 1 N–H and O–H groups in total. The van der Waals surface area contributed by atoms with Crippen molar-refractivity contribution in [2.24, 2.45) is 17.3 Å². The Kier molecular flexibility index (Phi) is 2.93. The summed E-state index contributed by atoms with van der Waals surface area (Å²) in [5.41, 5.74) is -1.67. The number of Topliss-reactive ketones (excluding diaryl/α,β-unsaturated/α-hetero) is 1. The molecule has 1 saturated carbocycles. The molecule has 0 radical (unpaired) electrons. The zero-order valence-corrected chi connectivity index (χ0v) is 13.1. The topological polar surface area (TPSA) is 55.8 Å². The van der Waals surface area contributed by atoms with Crippen LogP contribution >= 0.6 is 0 Å². The van der Waals surface area contributed by atoms with Gasteiger partial charge in [0.2, 0.25) is 0 Å². The second-order valence-electron chi connectivity index (χ2n) is 8.07. The van der Waals surface area contributed by atoms with Gasteiger partial charge in [0.25, 0.3) is 0 Å². The normalized spacial score (nSPS) is 49.6. The van der Waals surface area contributed by atoms with Crippen molar-refractivity contribution in [3.05, 3.63) is 0 Å². The van der Waals surface area contributed by atoms with E-state index in [1.165, 1.54) is 0 Å². The Morgan fingerprint density at radius 2 is 1.90 bits per heavy atom. The molecule has 3 fully saturated rings. The Morgan fingerprint density at radius 1 is 1.25 bits per heavy atom. The summed E-state index contributed by atoms with van der Waals surface area (Å²) < 4.78 is 12.2. The summed E-state index contributed by atoms with van der Waals surface area (Å²) in [5.74, 6) is 0.226. The Hall–Kier alpha value is -0.450. The van der Waals surface area contributed by atoms with Gasteiger partial charge in [-0.15, -0.1) is 0 Å². The molecule has 0 aromatic heterocycles. The number of rotatable bonds is 0. The number of fused-ring (bicyclic) bond motifs is 1. The van der Waals surface area contributed by atoms with Crippen molar-refractivity contribution in [3.63, 3.8) is 0 Å². The highest BCUT2D eigenvalue weighted by Gasteiger charge is 2.67. The Balaban J connectivity index is 2.04. The third kappa shape index (κ3) is 1.74. The van der Waals surface area contributed by atoms with Crippen molar-refractivity contribution in [2.75, 3.05) is 6.61 Å². The SMILES string of the molecule is C[C@H]1CC2OC(C)(C)C[C@@H](O)[C@]23COC(C)(C)[C@H]1C3=O. The molecule has 1 aliphatic carbocycles. The fourth-order valence-corrected chi connectivity index (χ4v) is 4.66. The minimum Gasteiger partial charge on any atom is -0.392 e. The molecular formula is C16H26O4. The first-order valence-corrected chi connectivity index (χ1v) is 7.64. The highest BCUT2D eigenvalue weighted by Crippen LogP contribution is 2.55. The van der Waals surface area contributed by atoms with Gasteiger partial charge in [0, 0.05) is 12.3 Å². The number of ether oxygens (including phenoxy) is 2. The lowest BCUT2D eigenvalue weighted by atomic mass is 9.54. The van der Waals surface area contributed by atoms with Gasteiger partial charge in [0.05, 0.1) is 30.0 Å². The molecule has 3 aliphatic rings. The Labute approximate surface area is 120 Å². The van der Waals surface area contributed by atoms with Crippen molar-refractivity contribution in [2.45, 2.75) is 70.9 Å². The van der Waals surface area contributed by atoms with Crippen LogP contribution in [0.1, 0.15) is 47.5 Å². The lowest BCUT2D eigenvalue weighted by Crippen LogP contribution is -2.72. The summed E-state index contributed by atoms with van der Waals surface area (Å²) >= 11 is 0. The van der Waals surface area contributed by atoms with E-state index in [1.807, 2.05) is 27.7 Å². The van der Waals surface area contributed by atoms with Crippen molar-refractivity contribution in [3.8, 4) is 0 Å². The molecule has 5 atom stereocenters. The average Bonchev–Trinajstić information content (AvgIpc) is 2.24. The van der Waals surface area contributed by atoms with Gasteiger partial charge in [-0.2, -0.15) is 0 Å². The second kappa shape index (κ2) is 4.05. The van der Waals surface area contributed by atoms with E-state index in [1.54, 1.807) is 0 Å². The van der Waals surface area contributed by atoms with Gasteiger partial charge in [-0.1, -0.05) is 6.92 Å². The van der Waals surface area contributed by atoms with Crippen LogP contribution in [0.5, 0.6) is 0 Å². The summed E-state index contributed by atoms with van der Waals surface area (Å²) in [7, 11) is 0. The van der Waals surface area contributed by atoms with Crippen molar-refractivity contribution < 1.29 is 19.4 Å². The first kappa shape index (κ1) is 14.5. The van der Waals surface area contributed by atoms with Gasteiger partial charge in [-0.05, 0) is 40.0 Å². The van der Waals surface area contributed by atoms with Gasteiger partial charge >= 0.3 is 0 Å². The quantitative estimate of drug-likeness (QED) is 0.737. The van der Waals surface area contributed by atoms with E-state index in [2.05, 4.69) is 6.92 Å². The minimum absolute atomic E-state index is 0.146. The smallest absolute Gasteiger partial charge is 0.152 e. The molecule has 2 heterocycles. The van der Waals surface area contributed by atoms with Crippen LogP contribution in [0.15, 0.2) is 0 Å². The number of hydrogen-bond donors (Lipinski definition) is 1. The summed E-state index contributed by atoms with van der Waals surface area (Å²) in [6.45, 7) is 10.3. The van der Waals surface area contributed by atoms with Crippen LogP contribution in [0, 0.1) is 17.3 Å². The molecule has 4 nitrogen and oxygen atoms in total. The molecule has 0 aromatic carbocycles. The summed E-state index contributed by atoms with van der Waals surface area (Å²) in [6.07, 6.45) is 0.412. The van der Waals surface area contributed by atoms with Gasteiger partial charge in [-0.25, -0.2) is 0 Å². The van der Waals surface area contributed by atoms with E-state index >= 15 is 0 Å². The van der Waals surface area contributed by atoms with Crippen molar-refractivity contribution in [1.29, 1.82) is 0 Å². The zero-order valence-electron chi connectivity index (χ0n) is 13.1. The molecule has 1 unspecified atom stereocenters. The molecule has 1 spiro atoms. The first-order chi connectivity index (χ1) is 9.10. The number of carbonyl (C=O) groups is 1. The highest BCUT2D eigenvalue weighted by molar-refractivity contribution is 5.91. The van der Waals surface area contributed by atoms with E-state index in [9.17, 15) is 9.90 Å². The summed E-state index contributed by atoms with van der Waals surface area (Å²) in [4.78, 5) is 13.1. The summed E-state index contributed by atoms with van der Waals surface area (Å²) in [5, 5.41) is 10.7. The molecule has 3 rings (SSSR count). The maximum absolute atomic E-state index is 13.1. The predicted molar refractivity (Wildman–Crippen MR) is 74.3 cm³/mol. The lowest BCUT2D eigenvalue weighted by Gasteiger charge is -2.61. The van der Waals surface area contributed by atoms with Crippen LogP contribution in [0.4, 0.5) is 0 Å². The fraction of sp³-hybridized carbons (Fsp3) is 0.938. The molecule has 0 amide bonds. The number of hydrogen-bond acceptors (Lipinski definition) is 4. The van der Waals surface area contributed by atoms with Gasteiger partial charge < -0.3 is 14.6 Å². The molecule has 2 saturated heterocycles. The number of carbonyl (C=O) groups excluding carboxylic acids is 1.